The van der Waals surface area contributed by atoms with E-state index in [1.807, 2.05) is 18.5 Å². The number of nitrogens with zero attached hydrogens (tertiary/aromatic N) is 4. The van der Waals surface area contributed by atoms with Gasteiger partial charge >= 0.3 is 0 Å². The highest BCUT2D eigenvalue weighted by molar-refractivity contribution is 6.20. The third-order valence-corrected chi connectivity index (χ3v) is 7.47. The molecule has 0 aliphatic rings. The van der Waals surface area contributed by atoms with Gasteiger partial charge in [-0.1, -0.05) is 72.8 Å². The largest absolute Gasteiger partial charge is 0.314 e. The minimum Gasteiger partial charge on any atom is -0.314 e. The van der Waals surface area contributed by atoms with E-state index in [1.165, 1.54) is 38.3 Å². The molecule has 0 saturated heterocycles. The summed E-state index contributed by atoms with van der Waals surface area (Å²) in [6.07, 6.45) is 7.82. The summed E-state index contributed by atoms with van der Waals surface area (Å²) in [6.45, 7) is 0. The van der Waals surface area contributed by atoms with Crippen LogP contribution in [0.25, 0.3) is 66.3 Å². The van der Waals surface area contributed by atoms with Crippen molar-refractivity contribution in [3.63, 3.8) is 0 Å². The zero-order valence-corrected chi connectivity index (χ0v) is 20.5. The Balaban J connectivity index is 1.52. The molecule has 4 heteroatoms. The molecule has 5 aromatic heterocycles. The highest BCUT2D eigenvalue weighted by Crippen LogP contribution is 2.42. The molecule has 5 heterocycles. The molecule has 0 unspecified atom stereocenters. The predicted molar refractivity (Wildman–Crippen MR) is 156 cm³/mol. The highest BCUT2D eigenvalue weighted by atomic mass is 15.1. The zero-order chi connectivity index (χ0) is 25.1. The summed E-state index contributed by atoms with van der Waals surface area (Å²) in [6, 6.07) is 38.5. The molecule has 178 valence electrons. The second-order valence-corrected chi connectivity index (χ2v) is 9.55. The Kier molecular flexibility index (Phi) is 4.49. The minimum absolute atomic E-state index is 0.890. The Morgan fingerprint density at radius 3 is 2.03 bits per heavy atom. The van der Waals surface area contributed by atoms with Gasteiger partial charge in [0.05, 0.1) is 22.1 Å². The normalized spacial score (nSPS) is 11.7. The summed E-state index contributed by atoms with van der Waals surface area (Å²) in [4.78, 5) is 9.26. The summed E-state index contributed by atoms with van der Waals surface area (Å²) < 4.78 is 4.65. The average Bonchev–Trinajstić information content (AvgIpc) is 3.51. The van der Waals surface area contributed by atoms with E-state index in [4.69, 9.17) is 4.98 Å². The molecule has 4 nitrogen and oxygen atoms in total. The molecular formula is C34H22N4. The van der Waals surface area contributed by atoms with Crippen LogP contribution in [0.15, 0.2) is 134 Å². The Bertz CT molecular complexity index is 2100. The van der Waals surface area contributed by atoms with Crippen LogP contribution < -0.4 is 0 Å². The van der Waals surface area contributed by atoms with Crippen LogP contribution in [0.1, 0.15) is 0 Å². The molecule has 8 rings (SSSR count). The number of aromatic nitrogens is 4. The molecule has 0 spiro atoms. The number of hydrogen-bond donors (Lipinski definition) is 0. The summed E-state index contributed by atoms with van der Waals surface area (Å²) in [5, 5.41) is 3.67. The van der Waals surface area contributed by atoms with Crippen molar-refractivity contribution in [3.05, 3.63) is 134 Å². The number of hydrogen-bond acceptors (Lipinski definition) is 2. The van der Waals surface area contributed by atoms with Crippen molar-refractivity contribution in [1.29, 1.82) is 0 Å². The first-order valence-corrected chi connectivity index (χ1v) is 12.8. The van der Waals surface area contributed by atoms with Crippen molar-refractivity contribution in [1.82, 2.24) is 18.9 Å². The van der Waals surface area contributed by atoms with Crippen LogP contribution in [-0.4, -0.2) is 18.9 Å². The van der Waals surface area contributed by atoms with Crippen molar-refractivity contribution in [2.24, 2.45) is 0 Å². The molecule has 0 aliphatic carbocycles. The van der Waals surface area contributed by atoms with Gasteiger partial charge in [-0.3, -0.25) is 9.55 Å². The van der Waals surface area contributed by atoms with Gasteiger partial charge < -0.3 is 4.40 Å². The van der Waals surface area contributed by atoms with Crippen molar-refractivity contribution < 1.29 is 0 Å². The molecule has 0 aliphatic heterocycles. The van der Waals surface area contributed by atoms with E-state index in [0.717, 1.165) is 28.0 Å². The van der Waals surface area contributed by atoms with Crippen LogP contribution >= 0.6 is 0 Å². The lowest BCUT2D eigenvalue weighted by Gasteiger charge is -2.11. The Morgan fingerprint density at radius 2 is 1.24 bits per heavy atom. The van der Waals surface area contributed by atoms with E-state index in [-0.39, 0.29) is 0 Å². The van der Waals surface area contributed by atoms with Crippen LogP contribution in [0.4, 0.5) is 0 Å². The van der Waals surface area contributed by atoms with Crippen LogP contribution in [0.3, 0.4) is 0 Å². The summed E-state index contributed by atoms with van der Waals surface area (Å²) >= 11 is 0. The topological polar surface area (TPSA) is 35.1 Å². The molecule has 0 bridgehead atoms. The van der Waals surface area contributed by atoms with E-state index >= 15 is 0 Å². The maximum absolute atomic E-state index is 4.99. The van der Waals surface area contributed by atoms with Crippen LogP contribution in [0, 0.1) is 0 Å². The van der Waals surface area contributed by atoms with Crippen molar-refractivity contribution in [2.45, 2.75) is 0 Å². The van der Waals surface area contributed by atoms with E-state index in [2.05, 4.69) is 123 Å². The van der Waals surface area contributed by atoms with Crippen molar-refractivity contribution in [2.75, 3.05) is 0 Å². The van der Waals surface area contributed by atoms with Gasteiger partial charge in [0, 0.05) is 57.6 Å². The number of para-hydroxylation sites is 2. The SMILES string of the molecule is c1ccc(-c2c3ccccc3n3ccc4c5ccccc5n(-c5ccc(-c6cccnc6)cn5)c4c23)cc1. The standard InChI is InChI=1S/C34H22N4/c1-2-9-23(10-3-1)32-28-13-5-6-14-29(28)37-20-18-27-26-12-4-7-15-30(26)38(33(27)34(32)37)31-17-16-25(22-36-31)24-11-8-19-35-21-24/h1-22H. The lowest BCUT2D eigenvalue weighted by atomic mass is 10.0. The monoisotopic (exact) mass is 486 g/mol. The van der Waals surface area contributed by atoms with Gasteiger partial charge in [-0.25, -0.2) is 4.98 Å². The number of pyridine rings is 3. The van der Waals surface area contributed by atoms with E-state index < -0.39 is 0 Å². The second-order valence-electron chi connectivity index (χ2n) is 9.55. The summed E-state index contributed by atoms with van der Waals surface area (Å²) in [5.74, 6) is 0.890. The quantitative estimate of drug-likeness (QED) is 0.252. The predicted octanol–water partition coefficient (Wildman–Crippen LogP) is 8.31. The van der Waals surface area contributed by atoms with E-state index in [1.54, 1.807) is 6.20 Å². The Labute approximate surface area is 219 Å². The first-order chi connectivity index (χ1) is 18.9. The lowest BCUT2D eigenvalue weighted by Crippen LogP contribution is -1.99. The zero-order valence-electron chi connectivity index (χ0n) is 20.5. The van der Waals surface area contributed by atoms with Gasteiger partial charge in [0.15, 0.2) is 0 Å². The third-order valence-electron chi connectivity index (χ3n) is 7.47. The number of benzene rings is 3. The average molecular weight is 487 g/mol. The Hall–Kier alpha value is -5.22. The molecule has 0 N–H and O–H groups in total. The summed E-state index contributed by atoms with van der Waals surface area (Å²) in [7, 11) is 0. The molecule has 8 aromatic rings. The molecule has 0 atom stereocenters. The fraction of sp³-hybridized carbons (Fsp3) is 0. The molecule has 0 saturated carbocycles. The van der Waals surface area contributed by atoms with Crippen molar-refractivity contribution >= 4 is 38.2 Å². The first-order valence-electron chi connectivity index (χ1n) is 12.8. The minimum atomic E-state index is 0.890. The van der Waals surface area contributed by atoms with Gasteiger partial charge in [-0.15, -0.1) is 0 Å². The van der Waals surface area contributed by atoms with Crippen LogP contribution in [-0.2, 0) is 0 Å². The molecule has 3 aromatic carbocycles. The van der Waals surface area contributed by atoms with Crippen LogP contribution in [0.2, 0.25) is 0 Å². The smallest absolute Gasteiger partial charge is 0.137 e. The second kappa shape index (κ2) is 8.15. The molecule has 0 amide bonds. The Morgan fingerprint density at radius 1 is 0.500 bits per heavy atom. The fourth-order valence-electron chi connectivity index (χ4n) is 5.82. The van der Waals surface area contributed by atoms with Gasteiger partial charge in [0.25, 0.3) is 0 Å². The van der Waals surface area contributed by atoms with Gasteiger partial charge in [0.1, 0.15) is 5.82 Å². The van der Waals surface area contributed by atoms with Gasteiger partial charge in [0.2, 0.25) is 0 Å². The molecular weight excluding hydrogens is 464 g/mol. The van der Waals surface area contributed by atoms with Gasteiger partial charge in [-0.2, -0.15) is 0 Å². The van der Waals surface area contributed by atoms with Gasteiger partial charge in [-0.05, 0) is 42.0 Å². The fourth-order valence-corrected chi connectivity index (χ4v) is 5.82. The first kappa shape index (κ1) is 20.9. The molecule has 0 radical (unpaired) electrons. The van der Waals surface area contributed by atoms with E-state index in [9.17, 15) is 0 Å². The summed E-state index contributed by atoms with van der Waals surface area (Å²) in [5.41, 5.74) is 9.22. The maximum Gasteiger partial charge on any atom is 0.137 e. The third kappa shape index (κ3) is 2.98. The van der Waals surface area contributed by atoms with Crippen molar-refractivity contribution in [3.8, 4) is 28.1 Å². The lowest BCUT2D eigenvalue weighted by molar-refractivity contribution is 1.08. The number of fused-ring (bicyclic) bond motifs is 7. The molecule has 0 fully saturated rings. The van der Waals surface area contributed by atoms with E-state index in [0.29, 0.717) is 0 Å². The number of rotatable bonds is 3. The molecule has 38 heavy (non-hydrogen) atoms. The highest BCUT2D eigenvalue weighted by Gasteiger charge is 2.21. The van der Waals surface area contributed by atoms with Crippen LogP contribution in [0.5, 0.6) is 0 Å². The maximum atomic E-state index is 4.99.